The Morgan fingerprint density at radius 1 is 0.889 bits per heavy atom. The molecule has 18 heavy (non-hydrogen) atoms. The van der Waals surface area contributed by atoms with Crippen LogP contribution in [0.25, 0.3) is 0 Å². The smallest absolute Gasteiger partial charge is 0.481 e. The second-order valence-electron chi connectivity index (χ2n) is 4.31. The van der Waals surface area contributed by atoms with Crippen LogP contribution in [0.5, 0.6) is 0 Å². The van der Waals surface area contributed by atoms with Crippen molar-refractivity contribution in [3.63, 3.8) is 0 Å². The summed E-state index contributed by atoms with van der Waals surface area (Å²) in [5.74, 6) is -0.703. The summed E-state index contributed by atoms with van der Waals surface area (Å²) in [6.45, 7) is 0. The molecule has 0 aliphatic carbocycles. The number of carboxylic acid groups (broad SMARTS) is 1. The Bertz CT molecular complexity index is 210. The zero-order valence-corrected chi connectivity index (χ0v) is 12.7. The highest BCUT2D eigenvalue weighted by molar-refractivity contribution is 6.60. The molecule has 0 spiro atoms. The summed E-state index contributed by atoms with van der Waals surface area (Å²) in [5, 5.41) is 8.49. The van der Waals surface area contributed by atoms with Crippen molar-refractivity contribution in [3.05, 3.63) is 0 Å². The molecule has 0 bridgehead atoms. The van der Waals surface area contributed by atoms with Crippen molar-refractivity contribution >= 4 is 14.8 Å². The SMILES string of the molecule is CO[Si](CCCCCCCCC(=O)O)(OC)OC. The van der Waals surface area contributed by atoms with Gasteiger partial charge in [-0.1, -0.05) is 25.7 Å². The molecule has 5 nitrogen and oxygen atoms in total. The van der Waals surface area contributed by atoms with Crippen LogP contribution >= 0.6 is 0 Å². The Labute approximate surface area is 111 Å². The highest BCUT2D eigenvalue weighted by atomic mass is 28.4. The Kier molecular flexibility index (Phi) is 10.2. The van der Waals surface area contributed by atoms with Gasteiger partial charge in [-0.15, -0.1) is 0 Å². The Hall–Kier alpha value is -0.433. The Morgan fingerprint density at radius 3 is 1.78 bits per heavy atom. The maximum Gasteiger partial charge on any atom is 0.500 e. The van der Waals surface area contributed by atoms with Crippen molar-refractivity contribution in [1.29, 1.82) is 0 Å². The first-order chi connectivity index (χ1) is 8.60. The molecule has 0 saturated heterocycles. The number of carbonyl (C=O) groups is 1. The van der Waals surface area contributed by atoms with Gasteiger partial charge in [0.05, 0.1) is 0 Å². The van der Waals surface area contributed by atoms with E-state index in [1.54, 1.807) is 21.3 Å². The molecule has 1 N–H and O–H groups in total. The van der Waals surface area contributed by atoms with Crippen molar-refractivity contribution in [2.24, 2.45) is 0 Å². The standard InChI is InChI=1S/C12H26O5Si/c1-15-18(16-2,17-3)11-9-7-5-4-6-8-10-12(13)14/h4-11H2,1-3H3,(H,13,14). The predicted molar refractivity (Wildman–Crippen MR) is 71.5 cm³/mol. The summed E-state index contributed by atoms with van der Waals surface area (Å²) in [5.41, 5.74) is 0. The molecule has 6 heteroatoms. The van der Waals surface area contributed by atoms with Crippen LogP contribution in [0.3, 0.4) is 0 Å². The lowest BCUT2D eigenvalue weighted by Crippen LogP contribution is -2.42. The van der Waals surface area contributed by atoms with E-state index in [0.717, 1.165) is 44.6 Å². The van der Waals surface area contributed by atoms with Crippen molar-refractivity contribution in [1.82, 2.24) is 0 Å². The summed E-state index contributed by atoms with van der Waals surface area (Å²) in [6, 6.07) is 0.839. The van der Waals surface area contributed by atoms with E-state index in [4.69, 9.17) is 18.4 Å². The molecule has 0 aromatic carbocycles. The van der Waals surface area contributed by atoms with Gasteiger partial charge in [0, 0.05) is 33.8 Å². The van der Waals surface area contributed by atoms with Gasteiger partial charge in [-0.25, -0.2) is 0 Å². The lowest BCUT2D eigenvalue weighted by atomic mass is 10.1. The molecule has 0 rings (SSSR count). The van der Waals surface area contributed by atoms with Gasteiger partial charge in [-0.2, -0.15) is 0 Å². The maximum atomic E-state index is 10.3. The molecule has 0 aliphatic heterocycles. The van der Waals surface area contributed by atoms with Crippen molar-refractivity contribution in [2.45, 2.75) is 51.0 Å². The largest absolute Gasteiger partial charge is 0.500 e. The van der Waals surface area contributed by atoms with Crippen LogP contribution in [-0.2, 0) is 18.1 Å². The van der Waals surface area contributed by atoms with Gasteiger partial charge in [-0.3, -0.25) is 4.79 Å². The van der Waals surface area contributed by atoms with E-state index in [9.17, 15) is 4.79 Å². The number of unbranched alkanes of at least 4 members (excludes halogenated alkanes) is 5. The molecule has 108 valence electrons. The van der Waals surface area contributed by atoms with E-state index >= 15 is 0 Å². The molecule has 0 radical (unpaired) electrons. The van der Waals surface area contributed by atoms with Gasteiger partial charge in [0.15, 0.2) is 0 Å². The maximum absolute atomic E-state index is 10.3. The highest BCUT2D eigenvalue weighted by Crippen LogP contribution is 2.18. The minimum absolute atomic E-state index is 0.285. The zero-order chi connectivity index (χ0) is 13.9. The van der Waals surface area contributed by atoms with Gasteiger partial charge >= 0.3 is 14.8 Å². The number of aliphatic carboxylic acids is 1. The second-order valence-corrected chi connectivity index (χ2v) is 7.40. The summed E-state index contributed by atoms with van der Waals surface area (Å²) >= 11 is 0. The second kappa shape index (κ2) is 10.5. The molecular formula is C12H26O5Si. The number of rotatable bonds is 12. The first-order valence-electron chi connectivity index (χ1n) is 6.47. The number of hydrogen-bond acceptors (Lipinski definition) is 4. The van der Waals surface area contributed by atoms with Crippen LogP contribution in [0.2, 0.25) is 6.04 Å². The molecule has 0 atom stereocenters. The third-order valence-corrected chi connectivity index (χ3v) is 5.89. The van der Waals surface area contributed by atoms with Gasteiger partial charge < -0.3 is 18.4 Å². The third kappa shape index (κ3) is 7.81. The third-order valence-electron chi connectivity index (χ3n) is 3.06. The topological polar surface area (TPSA) is 65.0 Å². The Balaban J connectivity index is 3.47. The van der Waals surface area contributed by atoms with E-state index in [0.29, 0.717) is 0 Å². The van der Waals surface area contributed by atoms with Crippen LogP contribution < -0.4 is 0 Å². The minimum atomic E-state index is -2.39. The van der Waals surface area contributed by atoms with Gasteiger partial charge in [0.1, 0.15) is 0 Å². The average Bonchev–Trinajstić information content (AvgIpc) is 2.38. The first kappa shape index (κ1) is 17.6. The van der Waals surface area contributed by atoms with Crippen LogP contribution in [0, 0.1) is 0 Å². The lowest BCUT2D eigenvalue weighted by molar-refractivity contribution is -0.137. The highest BCUT2D eigenvalue weighted by Gasteiger charge is 2.36. The van der Waals surface area contributed by atoms with E-state index in [1.165, 1.54) is 0 Å². The Morgan fingerprint density at radius 2 is 1.33 bits per heavy atom. The van der Waals surface area contributed by atoms with E-state index < -0.39 is 14.8 Å². The average molecular weight is 278 g/mol. The van der Waals surface area contributed by atoms with Crippen LogP contribution in [0.15, 0.2) is 0 Å². The minimum Gasteiger partial charge on any atom is -0.481 e. The summed E-state index contributed by atoms with van der Waals surface area (Å²) in [6.07, 6.45) is 6.41. The molecule has 0 saturated carbocycles. The summed E-state index contributed by atoms with van der Waals surface area (Å²) < 4.78 is 16.0. The van der Waals surface area contributed by atoms with Crippen molar-refractivity contribution in [2.75, 3.05) is 21.3 Å². The van der Waals surface area contributed by atoms with Crippen LogP contribution in [0.1, 0.15) is 44.9 Å². The van der Waals surface area contributed by atoms with Crippen molar-refractivity contribution < 1.29 is 23.2 Å². The fourth-order valence-electron chi connectivity index (χ4n) is 1.88. The monoisotopic (exact) mass is 278 g/mol. The van der Waals surface area contributed by atoms with E-state index in [2.05, 4.69) is 0 Å². The van der Waals surface area contributed by atoms with Gasteiger partial charge in [-0.05, 0) is 12.8 Å². The molecule has 0 unspecified atom stereocenters. The molecular weight excluding hydrogens is 252 g/mol. The van der Waals surface area contributed by atoms with Crippen LogP contribution in [-0.4, -0.2) is 41.2 Å². The molecule has 0 aromatic rings. The first-order valence-corrected chi connectivity index (χ1v) is 8.40. The molecule has 0 amide bonds. The quantitative estimate of drug-likeness (QED) is 0.439. The summed E-state index contributed by atoms with van der Waals surface area (Å²) in [7, 11) is 2.50. The predicted octanol–water partition coefficient (Wildman–Crippen LogP) is 2.68. The number of carboxylic acids is 1. The zero-order valence-electron chi connectivity index (χ0n) is 11.7. The fourth-order valence-corrected chi connectivity index (χ4v) is 3.68. The lowest BCUT2D eigenvalue weighted by Gasteiger charge is -2.24. The van der Waals surface area contributed by atoms with E-state index in [1.807, 2.05) is 0 Å². The van der Waals surface area contributed by atoms with Gasteiger partial charge in [0.2, 0.25) is 0 Å². The van der Waals surface area contributed by atoms with E-state index in [-0.39, 0.29) is 6.42 Å². The van der Waals surface area contributed by atoms with Crippen molar-refractivity contribution in [3.8, 4) is 0 Å². The van der Waals surface area contributed by atoms with Crippen LogP contribution in [0.4, 0.5) is 0 Å². The molecule has 0 heterocycles. The summed E-state index contributed by atoms with van der Waals surface area (Å²) in [4.78, 5) is 10.3. The fraction of sp³-hybridized carbons (Fsp3) is 0.917. The number of hydrogen-bond donors (Lipinski definition) is 1. The molecule has 0 fully saturated rings. The molecule has 0 aliphatic rings. The normalized spacial score (nSPS) is 11.7. The molecule has 0 aromatic heterocycles. The van der Waals surface area contributed by atoms with Gasteiger partial charge in [0.25, 0.3) is 0 Å².